The first-order chi connectivity index (χ1) is 6.38. The molecule has 0 aliphatic carbocycles. The molecule has 0 amide bonds. The Morgan fingerprint density at radius 3 is 2.79 bits per heavy atom. The Balaban J connectivity index is 2.68. The summed E-state index contributed by atoms with van der Waals surface area (Å²) in [5, 5.41) is 12.2. The molecule has 78 valence electrons. The van der Waals surface area contributed by atoms with Gasteiger partial charge in [-0.1, -0.05) is 0 Å². The molecule has 2 N–H and O–H groups in total. The first-order valence-corrected chi connectivity index (χ1v) is 5.24. The topological polar surface area (TPSA) is 45.1 Å². The van der Waals surface area contributed by atoms with Crippen LogP contribution in [0.3, 0.4) is 0 Å². The molecule has 1 heterocycles. The largest absolute Gasteiger partial charge is 0.389 e. The lowest BCUT2D eigenvalue weighted by Crippen LogP contribution is -2.29. The summed E-state index contributed by atoms with van der Waals surface area (Å²) in [4.78, 5) is 3.88. The van der Waals surface area contributed by atoms with E-state index in [1.54, 1.807) is 20.0 Å². The lowest BCUT2D eigenvalue weighted by atomic mass is 10.1. The highest BCUT2D eigenvalue weighted by Crippen LogP contribution is 2.14. The molecule has 0 aliphatic heterocycles. The summed E-state index contributed by atoms with van der Waals surface area (Å²) < 4.78 is 14.0. The van der Waals surface area contributed by atoms with Gasteiger partial charge in [0.15, 0.2) is 11.6 Å². The van der Waals surface area contributed by atoms with E-state index in [0.717, 1.165) is 3.57 Å². The predicted molar refractivity (Wildman–Crippen MR) is 61.7 cm³/mol. The molecule has 0 aliphatic rings. The number of hydrogen-bond acceptors (Lipinski definition) is 3. The monoisotopic (exact) mass is 310 g/mol. The van der Waals surface area contributed by atoms with Gasteiger partial charge >= 0.3 is 0 Å². The van der Waals surface area contributed by atoms with Crippen LogP contribution >= 0.6 is 22.6 Å². The van der Waals surface area contributed by atoms with Crippen molar-refractivity contribution in [1.82, 2.24) is 4.98 Å². The highest BCUT2D eigenvalue weighted by molar-refractivity contribution is 14.1. The predicted octanol–water partition coefficient (Wildman–Crippen LogP) is 2.01. The van der Waals surface area contributed by atoms with E-state index in [0.29, 0.717) is 0 Å². The molecule has 0 unspecified atom stereocenters. The maximum atomic E-state index is 13.2. The molecule has 14 heavy (non-hydrogen) atoms. The van der Waals surface area contributed by atoms with E-state index in [2.05, 4.69) is 10.3 Å². The molecule has 0 bridgehead atoms. The zero-order valence-electron chi connectivity index (χ0n) is 8.01. The lowest BCUT2D eigenvalue weighted by molar-refractivity contribution is 0.0943. The van der Waals surface area contributed by atoms with Crippen LogP contribution in [-0.2, 0) is 0 Å². The molecule has 0 atom stereocenters. The van der Waals surface area contributed by atoms with Crippen molar-refractivity contribution in [2.45, 2.75) is 19.4 Å². The Morgan fingerprint density at radius 1 is 1.64 bits per heavy atom. The van der Waals surface area contributed by atoms with E-state index in [1.165, 1.54) is 6.07 Å². The van der Waals surface area contributed by atoms with Crippen LogP contribution in [0.4, 0.5) is 10.2 Å². The van der Waals surface area contributed by atoms with E-state index >= 15 is 0 Å². The molecule has 0 saturated carbocycles. The second kappa shape index (κ2) is 4.39. The molecule has 1 aromatic rings. The molecule has 0 saturated heterocycles. The minimum absolute atomic E-state index is 0.174. The van der Waals surface area contributed by atoms with Crippen molar-refractivity contribution in [1.29, 1.82) is 0 Å². The Kier molecular flexibility index (Phi) is 3.65. The summed E-state index contributed by atoms with van der Waals surface area (Å²) in [7, 11) is 0. The Labute approximate surface area is 95.9 Å². The van der Waals surface area contributed by atoms with Gasteiger partial charge in [-0.2, -0.15) is 0 Å². The summed E-state index contributed by atoms with van der Waals surface area (Å²) in [6.45, 7) is 3.55. The van der Waals surface area contributed by atoms with Gasteiger partial charge in [0.1, 0.15) is 0 Å². The highest BCUT2D eigenvalue weighted by atomic mass is 127. The third-order valence-electron chi connectivity index (χ3n) is 1.50. The van der Waals surface area contributed by atoms with Gasteiger partial charge in [-0.25, -0.2) is 9.37 Å². The highest BCUT2D eigenvalue weighted by Gasteiger charge is 2.13. The van der Waals surface area contributed by atoms with Crippen LogP contribution in [0.15, 0.2) is 12.3 Å². The zero-order chi connectivity index (χ0) is 10.8. The maximum absolute atomic E-state index is 13.2. The van der Waals surface area contributed by atoms with Gasteiger partial charge in [-0.15, -0.1) is 0 Å². The minimum atomic E-state index is -0.878. The van der Waals surface area contributed by atoms with Crippen molar-refractivity contribution < 1.29 is 9.50 Å². The van der Waals surface area contributed by atoms with Crippen molar-refractivity contribution in [2.24, 2.45) is 0 Å². The van der Waals surface area contributed by atoms with Crippen molar-refractivity contribution in [3.8, 4) is 0 Å². The summed E-state index contributed by atoms with van der Waals surface area (Å²) >= 11 is 1.99. The third kappa shape index (κ3) is 3.75. The van der Waals surface area contributed by atoms with Gasteiger partial charge in [0.2, 0.25) is 0 Å². The second-order valence-electron chi connectivity index (χ2n) is 3.65. The first kappa shape index (κ1) is 11.6. The van der Waals surface area contributed by atoms with Crippen LogP contribution in [-0.4, -0.2) is 22.2 Å². The third-order valence-corrected chi connectivity index (χ3v) is 2.09. The quantitative estimate of drug-likeness (QED) is 0.840. The SMILES string of the molecule is CC(C)(O)CNc1ncc(I)cc1F. The smallest absolute Gasteiger partial charge is 0.166 e. The number of rotatable bonds is 3. The summed E-state index contributed by atoms with van der Waals surface area (Å²) in [6.07, 6.45) is 1.57. The molecular formula is C9H12FIN2O. The summed E-state index contributed by atoms with van der Waals surface area (Å²) in [6, 6.07) is 1.39. The fraction of sp³-hybridized carbons (Fsp3) is 0.444. The van der Waals surface area contributed by atoms with Crippen LogP contribution in [0.2, 0.25) is 0 Å². The maximum Gasteiger partial charge on any atom is 0.166 e. The van der Waals surface area contributed by atoms with Crippen molar-refractivity contribution in [3.05, 3.63) is 21.7 Å². The van der Waals surface area contributed by atoms with Crippen molar-refractivity contribution in [3.63, 3.8) is 0 Å². The van der Waals surface area contributed by atoms with Crippen LogP contribution in [0.1, 0.15) is 13.8 Å². The van der Waals surface area contributed by atoms with E-state index in [4.69, 9.17) is 0 Å². The Morgan fingerprint density at radius 2 is 2.29 bits per heavy atom. The average Bonchev–Trinajstić information content (AvgIpc) is 2.00. The van der Waals surface area contributed by atoms with E-state index in [1.807, 2.05) is 22.6 Å². The van der Waals surface area contributed by atoms with Crippen molar-refractivity contribution >= 4 is 28.4 Å². The number of aliphatic hydroxyl groups is 1. The van der Waals surface area contributed by atoms with Gasteiger partial charge in [0.25, 0.3) is 0 Å². The summed E-state index contributed by atoms with van der Waals surface area (Å²) in [5.41, 5.74) is -0.878. The number of nitrogens with zero attached hydrogens (tertiary/aromatic N) is 1. The van der Waals surface area contributed by atoms with Gasteiger partial charge in [0.05, 0.1) is 5.60 Å². The minimum Gasteiger partial charge on any atom is -0.389 e. The fourth-order valence-electron chi connectivity index (χ4n) is 0.845. The molecule has 1 rings (SSSR count). The summed E-state index contributed by atoms with van der Waals surface area (Å²) in [5.74, 6) is -0.228. The van der Waals surface area contributed by atoms with Crippen LogP contribution in [0.25, 0.3) is 0 Å². The van der Waals surface area contributed by atoms with Gasteiger partial charge in [0, 0.05) is 16.3 Å². The van der Waals surface area contributed by atoms with E-state index in [9.17, 15) is 9.50 Å². The fourth-order valence-corrected chi connectivity index (χ4v) is 1.26. The average molecular weight is 310 g/mol. The second-order valence-corrected chi connectivity index (χ2v) is 4.90. The molecule has 5 heteroatoms. The van der Waals surface area contributed by atoms with Gasteiger partial charge in [-0.05, 0) is 42.5 Å². The number of pyridine rings is 1. The van der Waals surface area contributed by atoms with Gasteiger partial charge in [-0.3, -0.25) is 0 Å². The van der Waals surface area contributed by atoms with Crippen LogP contribution < -0.4 is 5.32 Å². The zero-order valence-corrected chi connectivity index (χ0v) is 10.2. The first-order valence-electron chi connectivity index (χ1n) is 4.16. The lowest BCUT2D eigenvalue weighted by Gasteiger charge is -2.18. The van der Waals surface area contributed by atoms with Crippen LogP contribution in [0, 0.1) is 9.39 Å². The number of hydrogen-bond donors (Lipinski definition) is 2. The van der Waals surface area contributed by atoms with Crippen molar-refractivity contribution in [2.75, 3.05) is 11.9 Å². The normalized spacial score (nSPS) is 11.5. The number of halogens is 2. The van der Waals surface area contributed by atoms with Crippen LogP contribution in [0.5, 0.6) is 0 Å². The molecule has 3 nitrogen and oxygen atoms in total. The molecule has 0 radical (unpaired) electrons. The number of anilines is 1. The molecular weight excluding hydrogens is 298 g/mol. The van der Waals surface area contributed by atoms with E-state index < -0.39 is 11.4 Å². The molecule has 0 spiro atoms. The molecule has 0 aromatic carbocycles. The number of aromatic nitrogens is 1. The Hall–Kier alpha value is -0.430. The molecule has 0 fully saturated rings. The molecule has 1 aromatic heterocycles. The van der Waals surface area contributed by atoms with E-state index in [-0.39, 0.29) is 12.4 Å². The van der Waals surface area contributed by atoms with Gasteiger partial charge < -0.3 is 10.4 Å². The number of nitrogens with one attached hydrogen (secondary N) is 1. The Bertz CT molecular complexity index is 325. The standard InChI is InChI=1S/C9H12FIN2O/c1-9(2,14)5-13-8-7(10)3-6(11)4-12-8/h3-4,14H,5H2,1-2H3,(H,12,13).